The lowest BCUT2D eigenvalue weighted by molar-refractivity contribution is 1.26. The number of allylic oxidation sites excluding steroid dienone is 4. The molecule has 0 saturated heterocycles. The Morgan fingerprint density at radius 3 is 1.52 bits per heavy atom. The molecule has 1 aliphatic rings. The topological polar surface area (TPSA) is 22.3 Å². The quantitative estimate of drug-likeness (QED) is 0.156. The van der Waals surface area contributed by atoms with Gasteiger partial charge in [-0.3, -0.25) is 0 Å². The number of H-pyrrole nitrogens is 1. The summed E-state index contributed by atoms with van der Waals surface area (Å²) >= 11 is 0. The van der Waals surface area contributed by atoms with Gasteiger partial charge in [-0.2, -0.15) is 0 Å². The molecule has 326 valence electrons. The van der Waals surface area contributed by atoms with Gasteiger partial charge >= 0.3 is 0 Å². The summed E-state index contributed by atoms with van der Waals surface area (Å²) in [7, 11) is 0. The first kappa shape index (κ1) is 41.3. The number of nitrogens with one attached hydrogen (secondary N) is 1. The standard InChI is InChI=1S/C66H47N3/c1-46-45-53(48-19-8-3-9-20-48)43-44-68(54-23-12-5-13-24-54)66-58(46)26-16-27-60(66)51-33-39-57(40-34-51)69(55-35-29-49(30-36-55)47-17-6-2-7-18-47)56-37-31-50(32-38-56)59-41-42-62-61-25-14-15-28-63(61)67-65(62)64(59)52-21-10-4-11-22-52/h2-45,67H,1H2/b44-43-,53-45+. The van der Waals surface area contributed by atoms with Gasteiger partial charge in [0.05, 0.1) is 11.2 Å². The Morgan fingerprint density at radius 2 is 0.884 bits per heavy atom. The minimum Gasteiger partial charge on any atom is -0.354 e. The zero-order valence-electron chi connectivity index (χ0n) is 38.0. The molecule has 1 aliphatic heterocycles. The van der Waals surface area contributed by atoms with Crippen molar-refractivity contribution in [1.29, 1.82) is 0 Å². The zero-order valence-corrected chi connectivity index (χ0v) is 38.0. The highest BCUT2D eigenvalue weighted by Crippen LogP contribution is 2.46. The molecule has 0 radical (unpaired) electrons. The minimum atomic E-state index is 0.957. The number of hydrogen-bond acceptors (Lipinski definition) is 2. The minimum absolute atomic E-state index is 0.957. The summed E-state index contributed by atoms with van der Waals surface area (Å²) in [6.07, 6.45) is 6.60. The van der Waals surface area contributed by atoms with Crippen LogP contribution >= 0.6 is 0 Å². The fourth-order valence-corrected chi connectivity index (χ4v) is 9.98. The highest BCUT2D eigenvalue weighted by Gasteiger charge is 2.22. The van der Waals surface area contributed by atoms with E-state index in [1.165, 1.54) is 38.6 Å². The number of benzene rings is 10. The largest absolute Gasteiger partial charge is 0.354 e. The Balaban J connectivity index is 0.958. The summed E-state index contributed by atoms with van der Waals surface area (Å²) in [5, 5.41) is 2.46. The molecule has 10 aromatic carbocycles. The van der Waals surface area contributed by atoms with Crippen LogP contribution in [0.25, 0.3) is 77.5 Å². The Morgan fingerprint density at radius 1 is 0.377 bits per heavy atom. The van der Waals surface area contributed by atoms with Crippen molar-refractivity contribution in [2.24, 2.45) is 0 Å². The molecule has 3 nitrogen and oxygen atoms in total. The number of nitrogens with zero attached hydrogens (tertiary/aromatic N) is 2. The lowest BCUT2D eigenvalue weighted by atomic mass is 9.92. The molecule has 1 N–H and O–H groups in total. The first-order valence-corrected chi connectivity index (χ1v) is 23.5. The molecule has 1 aromatic heterocycles. The predicted octanol–water partition coefficient (Wildman–Crippen LogP) is 18.2. The van der Waals surface area contributed by atoms with Gasteiger partial charge in [0.25, 0.3) is 0 Å². The SMILES string of the molecule is C=C1/C=C(c2ccccc2)\C=C/N(c2ccccc2)c2c1cccc2-c1ccc(N(c2ccc(-c3ccccc3)cc2)c2ccc(-c3ccc4c([nH]c5ccccc54)c3-c3ccccc3)cc2)cc1. The van der Waals surface area contributed by atoms with Gasteiger partial charge in [-0.15, -0.1) is 0 Å². The number of aromatic amines is 1. The van der Waals surface area contributed by atoms with Gasteiger partial charge in [0.15, 0.2) is 0 Å². The highest BCUT2D eigenvalue weighted by atomic mass is 15.1. The van der Waals surface area contributed by atoms with Crippen LogP contribution in [0, 0.1) is 0 Å². The van der Waals surface area contributed by atoms with Crippen molar-refractivity contribution in [1.82, 2.24) is 4.98 Å². The number of fused-ring (bicyclic) bond motifs is 4. The van der Waals surface area contributed by atoms with E-state index in [-0.39, 0.29) is 0 Å². The van der Waals surface area contributed by atoms with Crippen molar-refractivity contribution < 1.29 is 0 Å². The second-order valence-corrected chi connectivity index (χ2v) is 17.5. The summed E-state index contributed by atoms with van der Waals surface area (Å²) in [6, 6.07) is 89.1. The third-order valence-corrected chi connectivity index (χ3v) is 13.3. The molecule has 0 bridgehead atoms. The van der Waals surface area contributed by atoms with Gasteiger partial charge in [-0.25, -0.2) is 0 Å². The third kappa shape index (κ3) is 7.82. The Labute approximate surface area is 403 Å². The van der Waals surface area contributed by atoms with E-state index in [1.807, 2.05) is 0 Å². The molecule has 0 spiro atoms. The maximum absolute atomic E-state index is 4.65. The fraction of sp³-hybridized carbons (Fsp3) is 0. The molecule has 0 atom stereocenters. The average Bonchev–Trinajstić information content (AvgIpc) is 3.80. The van der Waals surface area contributed by atoms with E-state index in [2.05, 4.69) is 288 Å². The molecule has 11 aromatic rings. The number of rotatable bonds is 9. The molecular formula is C66H47N3. The number of hydrogen-bond donors (Lipinski definition) is 1. The zero-order chi connectivity index (χ0) is 46.1. The van der Waals surface area contributed by atoms with Crippen LogP contribution in [0.3, 0.4) is 0 Å². The number of aromatic nitrogens is 1. The van der Waals surface area contributed by atoms with E-state index in [9.17, 15) is 0 Å². The summed E-state index contributed by atoms with van der Waals surface area (Å²) in [5.74, 6) is 0. The smallest absolute Gasteiger partial charge is 0.0612 e. The van der Waals surface area contributed by atoms with Crippen molar-refractivity contribution in [3.8, 4) is 44.5 Å². The van der Waals surface area contributed by atoms with Crippen molar-refractivity contribution in [3.63, 3.8) is 0 Å². The summed E-state index contributed by atoms with van der Waals surface area (Å²) in [4.78, 5) is 8.44. The van der Waals surface area contributed by atoms with E-state index in [0.29, 0.717) is 0 Å². The molecule has 69 heavy (non-hydrogen) atoms. The van der Waals surface area contributed by atoms with E-state index < -0.39 is 0 Å². The molecule has 0 unspecified atom stereocenters. The second-order valence-electron chi connectivity index (χ2n) is 17.5. The van der Waals surface area contributed by atoms with E-state index in [4.69, 9.17) is 0 Å². The van der Waals surface area contributed by atoms with Gasteiger partial charge in [0.2, 0.25) is 0 Å². The van der Waals surface area contributed by atoms with Crippen LogP contribution in [-0.2, 0) is 0 Å². The van der Waals surface area contributed by atoms with E-state index in [0.717, 1.165) is 78.4 Å². The maximum Gasteiger partial charge on any atom is 0.0612 e. The van der Waals surface area contributed by atoms with Crippen molar-refractivity contribution in [3.05, 3.63) is 285 Å². The highest BCUT2D eigenvalue weighted by molar-refractivity contribution is 6.14. The van der Waals surface area contributed by atoms with Gasteiger partial charge < -0.3 is 14.8 Å². The molecule has 3 heteroatoms. The lowest BCUT2D eigenvalue weighted by Crippen LogP contribution is -2.13. The molecule has 0 amide bonds. The summed E-state index contributed by atoms with van der Waals surface area (Å²) in [5.41, 5.74) is 21.3. The van der Waals surface area contributed by atoms with Crippen molar-refractivity contribution >= 4 is 61.4 Å². The van der Waals surface area contributed by atoms with Gasteiger partial charge in [-0.1, -0.05) is 201 Å². The summed E-state index contributed by atoms with van der Waals surface area (Å²) < 4.78 is 0. The number of anilines is 5. The fourth-order valence-electron chi connectivity index (χ4n) is 9.98. The summed E-state index contributed by atoms with van der Waals surface area (Å²) in [6.45, 7) is 4.65. The van der Waals surface area contributed by atoms with Crippen LogP contribution < -0.4 is 9.80 Å². The monoisotopic (exact) mass is 881 g/mol. The lowest BCUT2D eigenvalue weighted by Gasteiger charge is -2.29. The van der Waals surface area contributed by atoms with E-state index in [1.54, 1.807) is 0 Å². The van der Waals surface area contributed by atoms with Crippen LogP contribution in [0.4, 0.5) is 28.4 Å². The van der Waals surface area contributed by atoms with Gasteiger partial charge in [0.1, 0.15) is 0 Å². The molecule has 0 aliphatic carbocycles. The van der Waals surface area contributed by atoms with Crippen molar-refractivity contribution in [2.45, 2.75) is 0 Å². The van der Waals surface area contributed by atoms with Gasteiger partial charge in [0, 0.05) is 61.9 Å². The van der Waals surface area contributed by atoms with Crippen molar-refractivity contribution in [2.75, 3.05) is 9.80 Å². The first-order valence-electron chi connectivity index (χ1n) is 23.5. The van der Waals surface area contributed by atoms with Gasteiger partial charge in [-0.05, 0) is 117 Å². The predicted molar refractivity (Wildman–Crippen MR) is 293 cm³/mol. The molecule has 2 heterocycles. The molecular weight excluding hydrogens is 835 g/mol. The average molecular weight is 882 g/mol. The van der Waals surface area contributed by atoms with Crippen LogP contribution in [0.1, 0.15) is 11.1 Å². The Hall–Kier alpha value is -9.18. The molecule has 0 saturated carbocycles. The van der Waals surface area contributed by atoms with E-state index >= 15 is 0 Å². The number of para-hydroxylation sites is 3. The van der Waals surface area contributed by atoms with Crippen LogP contribution in [0.2, 0.25) is 0 Å². The van der Waals surface area contributed by atoms with Crippen LogP contribution in [0.5, 0.6) is 0 Å². The second kappa shape index (κ2) is 17.9. The Kier molecular flexibility index (Phi) is 10.7. The molecule has 0 fully saturated rings. The normalized spacial score (nSPS) is 13.6. The molecule has 12 rings (SSSR count). The van der Waals surface area contributed by atoms with Crippen LogP contribution in [0.15, 0.2) is 274 Å². The third-order valence-electron chi connectivity index (χ3n) is 13.3. The maximum atomic E-state index is 4.65. The Bertz CT molecular complexity index is 3680. The first-order chi connectivity index (χ1) is 34.1. The van der Waals surface area contributed by atoms with Crippen LogP contribution in [-0.4, -0.2) is 4.98 Å².